The molecule has 2 heterocycles. The van der Waals surface area contributed by atoms with Crippen molar-refractivity contribution in [2.24, 2.45) is 0 Å². The normalized spacial score (nSPS) is 10.5. The monoisotopic (exact) mass is 375 g/mol. The molecule has 0 unspecified atom stereocenters. The van der Waals surface area contributed by atoms with Crippen molar-refractivity contribution in [3.05, 3.63) is 36.6 Å². The Hall–Kier alpha value is -3.75. The molecule has 3 aromatic rings. The molecule has 0 aliphatic carbocycles. The maximum atomic E-state index is 9.55. The van der Waals surface area contributed by atoms with Gasteiger partial charge in [-0.1, -0.05) is 0 Å². The molecule has 9 heteroatoms. The van der Waals surface area contributed by atoms with E-state index in [1.807, 2.05) is 18.2 Å². The molecule has 142 valence electrons. The summed E-state index contributed by atoms with van der Waals surface area (Å²) in [6, 6.07) is 5.56. The average molecular weight is 375 g/mol. The van der Waals surface area contributed by atoms with Gasteiger partial charge in [0.15, 0.2) is 11.5 Å². The van der Waals surface area contributed by atoms with Crippen LogP contribution in [0.4, 0.5) is 0 Å². The zero-order chi connectivity index (χ0) is 20.0. The van der Waals surface area contributed by atoms with Crippen molar-refractivity contribution in [2.45, 2.75) is 0 Å². The van der Waals surface area contributed by atoms with Gasteiger partial charge in [-0.2, -0.15) is 0 Å². The molecule has 0 aliphatic heterocycles. The van der Waals surface area contributed by atoms with Crippen LogP contribution in [-0.2, 0) is 9.59 Å². The van der Waals surface area contributed by atoms with Crippen LogP contribution in [0.3, 0.4) is 0 Å². The number of aromatic nitrogens is 1. The largest absolute Gasteiger partial charge is 0.495 e. The summed E-state index contributed by atoms with van der Waals surface area (Å²) < 4.78 is 21.5. The van der Waals surface area contributed by atoms with Gasteiger partial charge in [0, 0.05) is 17.5 Å². The summed E-state index contributed by atoms with van der Waals surface area (Å²) >= 11 is 0. The minimum atomic E-state index is -1.26. The van der Waals surface area contributed by atoms with Crippen molar-refractivity contribution in [3.63, 3.8) is 0 Å². The zero-order valence-electron chi connectivity index (χ0n) is 14.8. The van der Waals surface area contributed by atoms with Crippen molar-refractivity contribution in [3.8, 4) is 17.2 Å². The second-order valence-corrected chi connectivity index (χ2v) is 4.99. The van der Waals surface area contributed by atoms with Crippen LogP contribution in [0.1, 0.15) is 0 Å². The maximum absolute atomic E-state index is 9.55. The SMILES string of the molecule is COc1ccc2c(OC)c3ccoc3nc2c1OC.O=C(O)/C=C/C(=O)O. The van der Waals surface area contributed by atoms with E-state index in [9.17, 15) is 9.59 Å². The van der Waals surface area contributed by atoms with E-state index < -0.39 is 11.9 Å². The number of nitrogens with zero attached hydrogens (tertiary/aromatic N) is 1. The molecule has 3 rings (SSSR count). The number of carboxylic acid groups (broad SMARTS) is 2. The minimum Gasteiger partial charge on any atom is -0.495 e. The molecule has 0 atom stereocenters. The average Bonchev–Trinajstić information content (AvgIpc) is 3.12. The van der Waals surface area contributed by atoms with Crippen LogP contribution in [0, 0.1) is 0 Å². The molecule has 0 aliphatic rings. The van der Waals surface area contributed by atoms with Gasteiger partial charge in [-0.3, -0.25) is 0 Å². The molecule has 0 amide bonds. The second-order valence-electron chi connectivity index (χ2n) is 4.99. The number of carbonyl (C=O) groups is 2. The van der Waals surface area contributed by atoms with Gasteiger partial charge >= 0.3 is 11.9 Å². The first kappa shape index (κ1) is 19.6. The standard InChI is InChI=1S/C14H13NO4.C4H4O4/c1-16-10-5-4-8-11(13(10)18-3)15-14-9(6-7-19-14)12(8)17-2;5-3(6)1-2-4(7)8/h4-7H,1-3H3;1-2H,(H,5,6)(H,7,8)/b;2-1+. The van der Waals surface area contributed by atoms with Crippen LogP contribution < -0.4 is 14.2 Å². The molecule has 0 bridgehead atoms. The van der Waals surface area contributed by atoms with E-state index in [1.165, 1.54) is 0 Å². The van der Waals surface area contributed by atoms with Gasteiger partial charge in [0.2, 0.25) is 5.71 Å². The zero-order valence-corrected chi connectivity index (χ0v) is 14.8. The molecule has 0 saturated heterocycles. The van der Waals surface area contributed by atoms with Crippen molar-refractivity contribution in [1.29, 1.82) is 0 Å². The van der Waals surface area contributed by atoms with Crippen LogP contribution >= 0.6 is 0 Å². The Morgan fingerprint density at radius 3 is 2.07 bits per heavy atom. The Morgan fingerprint density at radius 1 is 0.926 bits per heavy atom. The number of ether oxygens (including phenoxy) is 3. The topological polar surface area (TPSA) is 128 Å². The molecule has 0 spiro atoms. The van der Waals surface area contributed by atoms with E-state index in [4.69, 9.17) is 28.8 Å². The molecule has 0 saturated carbocycles. The third kappa shape index (κ3) is 4.27. The van der Waals surface area contributed by atoms with Crippen LogP contribution in [0.25, 0.3) is 22.0 Å². The number of fused-ring (bicyclic) bond motifs is 2. The Balaban J connectivity index is 0.000000279. The van der Waals surface area contributed by atoms with Gasteiger partial charge < -0.3 is 28.8 Å². The number of carboxylic acids is 2. The summed E-state index contributed by atoms with van der Waals surface area (Å²) in [4.78, 5) is 23.6. The van der Waals surface area contributed by atoms with E-state index >= 15 is 0 Å². The highest BCUT2D eigenvalue weighted by atomic mass is 16.5. The van der Waals surface area contributed by atoms with E-state index in [2.05, 4.69) is 4.98 Å². The van der Waals surface area contributed by atoms with E-state index in [-0.39, 0.29) is 0 Å². The lowest BCUT2D eigenvalue weighted by Gasteiger charge is -2.12. The van der Waals surface area contributed by atoms with Crippen LogP contribution in [0.5, 0.6) is 17.2 Å². The highest BCUT2D eigenvalue weighted by Gasteiger charge is 2.17. The number of furan rings is 1. The van der Waals surface area contributed by atoms with Crippen molar-refractivity contribution < 1.29 is 38.4 Å². The van der Waals surface area contributed by atoms with Crippen LogP contribution in [0.2, 0.25) is 0 Å². The molecule has 0 fully saturated rings. The summed E-state index contributed by atoms with van der Waals surface area (Å²) in [5, 5.41) is 17.3. The lowest BCUT2D eigenvalue weighted by molar-refractivity contribution is -0.134. The molecule has 27 heavy (non-hydrogen) atoms. The van der Waals surface area contributed by atoms with Gasteiger partial charge in [0.25, 0.3) is 0 Å². The maximum Gasteiger partial charge on any atom is 0.328 e. The lowest BCUT2D eigenvalue weighted by Crippen LogP contribution is -1.95. The van der Waals surface area contributed by atoms with E-state index in [0.717, 1.165) is 16.5 Å². The smallest absolute Gasteiger partial charge is 0.328 e. The summed E-state index contributed by atoms with van der Waals surface area (Å²) in [5.74, 6) is -0.610. The highest BCUT2D eigenvalue weighted by Crippen LogP contribution is 2.41. The number of rotatable bonds is 5. The van der Waals surface area contributed by atoms with Gasteiger partial charge in [0.1, 0.15) is 11.3 Å². The number of hydrogen-bond acceptors (Lipinski definition) is 7. The summed E-state index contributed by atoms with van der Waals surface area (Å²) in [7, 11) is 4.79. The summed E-state index contributed by atoms with van der Waals surface area (Å²) in [6.45, 7) is 0. The first-order valence-electron chi connectivity index (χ1n) is 7.52. The van der Waals surface area contributed by atoms with Gasteiger partial charge in [-0.05, 0) is 18.2 Å². The van der Waals surface area contributed by atoms with Gasteiger partial charge in [0.05, 0.1) is 33.0 Å². The number of aliphatic carboxylic acids is 2. The van der Waals surface area contributed by atoms with Crippen LogP contribution in [-0.4, -0.2) is 48.5 Å². The Morgan fingerprint density at radius 2 is 1.56 bits per heavy atom. The lowest BCUT2D eigenvalue weighted by atomic mass is 10.1. The number of pyridine rings is 1. The summed E-state index contributed by atoms with van der Waals surface area (Å²) in [5.41, 5.74) is 1.16. The number of methoxy groups -OCH3 is 3. The molecule has 2 N–H and O–H groups in total. The van der Waals surface area contributed by atoms with Crippen molar-refractivity contribution in [2.75, 3.05) is 21.3 Å². The van der Waals surface area contributed by atoms with Crippen molar-refractivity contribution in [1.82, 2.24) is 4.98 Å². The van der Waals surface area contributed by atoms with E-state index in [0.29, 0.717) is 34.9 Å². The predicted molar refractivity (Wildman–Crippen MR) is 95.6 cm³/mol. The van der Waals surface area contributed by atoms with E-state index in [1.54, 1.807) is 27.6 Å². The first-order valence-corrected chi connectivity index (χ1v) is 7.52. The number of benzene rings is 1. The number of hydrogen-bond donors (Lipinski definition) is 2. The Kier molecular flexibility index (Phi) is 6.21. The van der Waals surface area contributed by atoms with Gasteiger partial charge in [-0.25, -0.2) is 14.6 Å². The fraction of sp³-hybridized carbons (Fsp3) is 0.167. The third-order valence-electron chi connectivity index (χ3n) is 3.44. The molecule has 1 aromatic carbocycles. The quantitative estimate of drug-likeness (QED) is 0.647. The van der Waals surface area contributed by atoms with Crippen molar-refractivity contribution >= 4 is 33.9 Å². The third-order valence-corrected chi connectivity index (χ3v) is 3.44. The van der Waals surface area contributed by atoms with Gasteiger partial charge in [-0.15, -0.1) is 0 Å². The fourth-order valence-corrected chi connectivity index (χ4v) is 2.37. The minimum absolute atomic E-state index is 0.510. The molecule has 2 aromatic heterocycles. The van der Waals surface area contributed by atoms with Crippen LogP contribution in [0.15, 0.2) is 41.0 Å². The Labute approximate surface area is 153 Å². The second kappa shape index (κ2) is 8.56. The Bertz CT molecular complexity index is 989. The summed E-state index contributed by atoms with van der Waals surface area (Å²) in [6.07, 6.45) is 2.70. The molecule has 0 radical (unpaired) electrons. The first-order chi connectivity index (χ1) is 12.9. The fourth-order valence-electron chi connectivity index (χ4n) is 2.37. The molecular formula is C18H17NO8. The highest BCUT2D eigenvalue weighted by molar-refractivity contribution is 6.02. The molecular weight excluding hydrogens is 358 g/mol. The molecule has 9 nitrogen and oxygen atoms in total. The predicted octanol–water partition coefficient (Wildman–Crippen LogP) is 2.72.